The maximum atomic E-state index is 11.8. The third kappa shape index (κ3) is 4.38. The van der Waals surface area contributed by atoms with E-state index in [9.17, 15) is 4.79 Å². The van der Waals surface area contributed by atoms with Crippen molar-refractivity contribution in [3.8, 4) is 11.1 Å². The third-order valence-electron chi connectivity index (χ3n) is 3.58. The molecule has 1 heterocycles. The number of halogens is 2. The summed E-state index contributed by atoms with van der Waals surface area (Å²) in [7, 11) is 0. The molecule has 134 valence electrons. The summed E-state index contributed by atoms with van der Waals surface area (Å²) in [5.41, 5.74) is 2.91. The first-order valence-electron chi connectivity index (χ1n) is 7.83. The van der Waals surface area contributed by atoms with Gasteiger partial charge in [-0.15, -0.1) is 16.9 Å². The molecule has 0 aliphatic heterocycles. The van der Waals surface area contributed by atoms with Crippen molar-refractivity contribution in [3.05, 3.63) is 63.9 Å². The van der Waals surface area contributed by atoms with Crippen molar-refractivity contribution in [1.82, 2.24) is 15.4 Å². The molecule has 0 radical (unpaired) electrons. The summed E-state index contributed by atoms with van der Waals surface area (Å²) >= 11 is 13.6. The van der Waals surface area contributed by atoms with E-state index in [-0.39, 0.29) is 0 Å². The Bertz CT molecular complexity index is 913. The number of H-pyrrole nitrogens is 1. The van der Waals surface area contributed by atoms with Gasteiger partial charge in [-0.2, -0.15) is 0 Å². The molecule has 0 saturated carbocycles. The molecule has 0 saturated heterocycles. The topological polar surface area (TPSA) is 67.9 Å². The minimum absolute atomic E-state index is 0.298. The fourth-order valence-electron chi connectivity index (χ4n) is 2.29. The van der Waals surface area contributed by atoms with Crippen molar-refractivity contribution in [2.45, 2.75) is 17.6 Å². The largest absolute Gasteiger partial charge is 0.461 e. The molecule has 5 nitrogen and oxygen atoms in total. The molecule has 0 aliphatic rings. The summed E-state index contributed by atoms with van der Waals surface area (Å²) in [5, 5.41) is 11.3. The predicted octanol–water partition coefficient (Wildman–Crippen LogP) is 5.25. The number of hydrogen-bond acceptors (Lipinski definition) is 5. The molecule has 0 unspecified atom stereocenters. The van der Waals surface area contributed by atoms with Crippen LogP contribution in [0.2, 0.25) is 10.0 Å². The molecule has 0 bridgehead atoms. The first-order valence-corrected chi connectivity index (χ1v) is 9.58. The number of ether oxygens (including phenoxy) is 1. The van der Waals surface area contributed by atoms with Gasteiger partial charge in [0.15, 0.2) is 5.69 Å². The van der Waals surface area contributed by atoms with Crippen LogP contribution in [-0.2, 0) is 10.5 Å². The molecule has 1 aromatic heterocycles. The Kier molecular flexibility index (Phi) is 6.19. The van der Waals surface area contributed by atoms with Gasteiger partial charge in [-0.1, -0.05) is 46.6 Å². The van der Waals surface area contributed by atoms with Crippen molar-refractivity contribution in [2.75, 3.05) is 6.61 Å². The lowest BCUT2D eigenvalue weighted by molar-refractivity contribution is 0.0518. The van der Waals surface area contributed by atoms with E-state index in [2.05, 4.69) is 15.4 Å². The van der Waals surface area contributed by atoms with Crippen molar-refractivity contribution in [1.29, 1.82) is 0 Å². The zero-order valence-electron chi connectivity index (χ0n) is 13.8. The lowest BCUT2D eigenvalue weighted by Crippen LogP contribution is -2.07. The summed E-state index contributed by atoms with van der Waals surface area (Å²) < 4.78 is 4.98. The number of rotatable bonds is 6. The van der Waals surface area contributed by atoms with Crippen LogP contribution in [-0.4, -0.2) is 28.0 Å². The highest BCUT2D eigenvalue weighted by Crippen LogP contribution is 2.30. The summed E-state index contributed by atoms with van der Waals surface area (Å²) in [6, 6.07) is 13.6. The fourth-order valence-corrected chi connectivity index (χ4v) is 3.42. The Morgan fingerprint density at radius 3 is 2.54 bits per heavy atom. The minimum Gasteiger partial charge on any atom is -0.461 e. The van der Waals surface area contributed by atoms with Crippen molar-refractivity contribution in [2.24, 2.45) is 0 Å². The Hall–Kier alpha value is -2.02. The first-order chi connectivity index (χ1) is 12.6. The smallest absolute Gasteiger partial charge is 0.358 e. The van der Waals surface area contributed by atoms with E-state index in [1.807, 2.05) is 36.4 Å². The Labute approximate surface area is 165 Å². The van der Waals surface area contributed by atoms with E-state index >= 15 is 0 Å². The van der Waals surface area contributed by atoms with Crippen molar-refractivity contribution < 1.29 is 9.53 Å². The van der Waals surface area contributed by atoms with E-state index in [1.54, 1.807) is 24.8 Å². The van der Waals surface area contributed by atoms with E-state index in [1.165, 1.54) is 0 Å². The molecule has 0 aliphatic carbocycles. The average Bonchev–Trinajstić information content (AvgIpc) is 3.12. The Morgan fingerprint density at radius 2 is 1.85 bits per heavy atom. The molecule has 3 rings (SSSR count). The fraction of sp³-hybridized carbons (Fsp3) is 0.167. The van der Waals surface area contributed by atoms with Gasteiger partial charge in [0.1, 0.15) is 5.69 Å². The van der Waals surface area contributed by atoms with Crippen LogP contribution in [0.5, 0.6) is 0 Å². The Morgan fingerprint density at radius 1 is 1.12 bits per heavy atom. The molecule has 0 spiro atoms. The van der Waals surface area contributed by atoms with Crippen LogP contribution in [0.25, 0.3) is 11.1 Å². The van der Waals surface area contributed by atoms with Crippen LogP contribution in [0.4, 0.5) is 0 Å². The molecule has 26 heavy (non-hydrogen) atoms. The quantitative estimate of drug-likeness (QED) is 0.446. The van der Waals surface area contributed by atoms with Crippen LogP contribution in [0.1, 0.15) is 23.1 Å². The number of thioether (sulfide) groups is 1. The molecular formula is C18H15Cl2N3O2S. The van der Waals surface area contributed by atoms with Gasteiger partial charge in [-0.05, 0) is 42.3 Å². The van der Waals surface area contributed by atoms with Gasteiger partial charge in [-0.25, -0.2) is 4.79 Å². The molecule has 2 aromatic carbocycles. The minimum atomic E-state index is -0.442. The van der Waals surface area contributed by atoms with Crippen LogP contribution >= 0.6 is 35.0 Å². The van der Waals surface area contributed by atoms with Crippen LogP contribution in [0.3, 0.4) is 0 Å². The molecular weight excluding hydrogens is 393 g/mol. The maximum Gasteiger partial charge on any atom is 0.358 e. The lowest BCUT2D eigenvalue weighted by atomic mass is 10.1. The summed E-state index contributed by atoms with van der Waals surface area (Å²) in [4.78, 5) is 12.9. The lowest BCUT2D eigenvalue weighted by Gasteiger charge is -2.06. The highest BCUT2D eigenvalue weighted by atomic mass is 35.5. The van der Waals surface area contributed by atoms with Crippen LogP contribution < -0.4 is 0 Å². The van der Waals surface area contributed by atoms with E-state index in [0.29, 0.717) is 33.8 Å². The number of nitrogens with one attached hydrogen (secondary N) is 1. The second-order valence-corrected chi connectivity index (χ2v) is 7.16. The number of carbonyl (C=O) groups excluding carboxylic acids is 1. The second-order valence-electron chi connectivity index (χ2n) is 5.30. The average molecular weight is 408 g/mol. The van der Waals surface area contributed by atoms with Gasteiger partial charge < -0.3 is 4.74 Å². The molecule has 8 heteroatoms. The highest BCUT2D eigenvalue weighted by Gasteiger charge is 2.16. The zero-order valence-corrected chi connectivity index (χ0v) is 16.2. The van der Waals surface area contributed by atoms with Gasteiger partial charge in [0, 0.05) is 10.6 Å². The van der Waals surface area contributed by atoms with Crippen molar-refractivity contribution in [3.63, 3.8) is 0 Å². The second kappa shape index (κ2) is 8.58. The Balaban J connectivity index is 1.68. The molecule has 3 aromatic rings. The summed E-state index contributed by atoms with van der Waals surface area (Å²) in [6.45, 7) is 2.06. The number of carbonyl (C=O) groups is 1. The van der Waals surface area contributed by atoms with Crippen LogP contribution in [0, 0.1) is 0 Å². The SMILES string of the molecule is CCOC(=O)c1[nH]nnc1CSc1ccc(-c2ccc(Cl)c(Cl)c2)cc1. The van der Waals surface area contributed by atoms with Gasteiger partial charge in [0.25, 0.3) is 0 Å². The van der Waals surface area contributed by atoms with Gasteiger partial charge in [0.05, 0.1) is 16.7 Å². The van der Waals surface area contributed by atoms with Gasteiger partial charge in [0.2, 0.25) is 0 Å². The number of aromatic amines is 1. The monoisotopic (exact) mass is 407 g/mol. The number of aromatic nitrogens is 3. The van der Waals surface area contributed by atoms with Crippen LogP contribution in [0.15, 0.2) is 47.4 Å². The molecule has 0 fully saturated rings. The number of benzene rings is 2. The predicted molar refractivity (Wildman–Crippen MR) is 104 cm³/mol. The molecule has 0 amide bonds. The van der Waals surface area contributed by atoms with E-state index in [4.69, 9.17) is 27.9 Å². The molecule has 1 N–H and O–H groups in total. The summed E-state index contributed by atoms with van der Waals surface area (Å²) in [6.07, 6.45) is 0. The van der Waals surface area contributed by atoms with E-state index in [0.717, 1.165) is 16.0 Å². The number of nitrogens with zero attached hydrogens (tertiary/aromatic N) is 2. The highest BCUT2D eigenvalue weighted by molar-refractivity contribution is 7.98. The van der Waals surface area contributed by atoms with E-state index < -0.39 is 5.97 Å². The normalized spacial score (nSPS) is 10.7. The standard InChI is InChI=1S/C18H15Cl2N3O2S/c1-2-25-18(24)17-16(21-23-22-17)10-26-13-6-3-11(4-7-13)12-5-8-14(19)15(20)9-12/h3-9H,2,10H2,1H3,(H,21,22,23). The zero-order chi connectivity index (χ0) is 18.5. The maximum absolute atomic E-state index is 11.8. The number of hydrogen-bond donors (Lipinski definition) is 1. The first kappa shape index (κ1) is 18.8. The third-order valence-corrected chi connectivity index (χ3v) is 5.35. The van der Waals surface area contributed by atoms with Gasteiger partial charge >= 0.3 is 5.97 Å². The summed E-state index contributed by atoms with van der Waals surface area (Å²) in [5.74, 6) is 0.0691. The molecule has 0 atom stereocenters. The van der Waals surface area contributed by atoms with Crippen molar-refractivity contribution >= 4 is 40.9 Å². The number of esters is 1. The van der Waals surface area contributed by atoms with Gasteiger partial charge in [-0.3, -0.25) is 5.10 Å².